The average Bonchev–Trinajstić information content (AvgIpc) is 3.79. The van der Waals surface area contributed by atoms with E-state index in [0.29, 0.717) is 55.9 Å². The molecule has 6 rings (SSSR count). The number of esters is 1. The lowest BCUT2D eigenvalue weighted by molar-refractivity contribution is -0.147. The third-order valence-electron chi connectivity index (χ3n) is 9.93. The van der Waals surface area contributed by atoms with Crippen LogP contribution in [0.3, 0.4) is 0 Å². The second-order valence-electron chi connectivity index (χ2n) is 12.8. The first-order chi connectivity index (χ1) is 20.9. The minimum absolute atomic E-state index is 0.108. The Morgan fingerprint density at radius 1 is 0.907 bits per heavy atom. The van der Waals surface area contributed by atoms with E-state index in [2.05, 4.69) is 47.2 Å². The molecule has 3 fully saturated rings. The van der Waals surface area contributed by atoms with Crippen LogP contribution in [0.2, 0.25) is 0 Å². The Morgan fingerprint density at radius 3 is 2.33 bits per heavy atom. The molecule has 3 saturated carbocycles. The fraction of sp³-hybridized carbons (Fsp3) is 0.543. The van der Waals surface area contributed by atoms with Gasteiger partial charge in [-0.05, 0) is 118 Å². The fourth-order valence-corrected chi connectivity index (χ4v) is 7.12. The molecule has 3 aromatic rings. The van der Waals surface area contributed by atoms with Crippen LogP contribution in [0.1, 0.15) is 87.3 Å². The zero-order valence-corrected chi connectivity index (χ0v) is 25.7. The Bertz CT molecular complexity index is 1430. The highest BCUT2D eigenvalue weighted by atomic mass is 16.5. The minimum Gasteiger partial charge on any atom is -0.496 e. The van der Waals surface area contributed by atoms with Crippen LogP contribution in [-0.2, 0) is 14.3 Å². The molecule has 43 heavy (non-hydrogen) atoms. The Hall–Kier alpha value is -3.68. The van der Waals surface area contributed by atoms with Crippen LogP contribution in [0.15, 0.2) is 48.9 Å². The van der Waals surface area contributed by atoms with Crippen LogP contribution in [-0.4, -0.2) is 47.4 Å². The summed E-state index contributed by atoms with van der Waals surface area (Å²) in [6, 6.07) is 11.1. The van der Waals surface area contributed by atoms with Crippen molar-refractivity contribution in [3.63, 3.8) is 0 Å². The molecule has 1 aromatic carbocycles. The van der Waals surface area contributed by atoms with Gasteiger partial charge in [-0.1, -0.05) is 12.1 Å². The van der Waals surface area contributed by atoms with Crippen molar-refractivity contribution in [2.45, 2.75) is 83.1 Å². The number of amides is 1. The zero-order chi connectivity index (χ0) is 29.9. The Labute approximate surface area is 254 Å². The number of ether oxygens (including phenoxy) is 2. The lowest BCUT2D eigenvalue weighted by Gasteiger charge is -2.35. The molecular weight excluding hydrogens is 540 g/mol. The number of carbonyl (C=O) groups is 2. The van der Waals surface area contributed by atoms with Crippen molar-refractivity contribution in [1.29, 1.82) is 0 Å². The third kappa shape index (κ3) is 6.63. The van der Waals surface area contributed by atoms with Crippen LogP contribution in [0.5, 0.6) is 5.75 Å². The Kier molecular flexibility index (Phi) is 8.82. The summed E-state index contributed by atoms with van der Waals surface area (Å²) in [5.41, 5.74) is 4.64. The molecule has 8 nitrogen and oxygen atoms in total. The van der Waals surface area contributed by atoms with Gasteiger partial charge in [0.15, 0.2) is 0 Å². The van der Waals surface area contributed by atoms with E-state index >= 15 is 0 Å². The molecule has 0 spiro atoms. The summed E-state index contributed by atoms with van der Waals surface area (Å²) in [7, 11) is 3.16. The highest BCUT2D eigenvalue weighted by molar-refractivity contribution is 5.95. The number of rotatable bonds is 9. The van der Waals surface area contributed by atoms with E-state index in [-0.39, 0.29) is 23.7 Å². The van der Waals surface area contributed by atoms with E-state index in [1.807, 2.05) is 23.4 Å². The first-order valence-corrected chi connectivity index (χ1v) is 16.0. The second-order valence-corrected chi connectivity index (χ2v) is 12.8. The number of aromatic nitrogens is 3. The molecule has 3 aliphatic carbocycles. The molecular formula is C35H44N4O4. The van der Waals surface area contributed by atoms with Crippen LogP contribution < -0.4 is 9.64 Å². The van der Waals surface area contributed by atoms with E-state index in [0.717, 1.165) is 42.6 Å². The van der Waals surface area contributed by atoms with E-state index in [4.69, 9.17) is 14.5 Å². The molecule has 3 aliphatic rings. The van der Waals surface area contributed by atoms with Crippen molar-refractivity contribution < 1.29 is 19.1 Å². The van der Waals surface area contributed by atoms with Gasteiger partial charge in [0.25, 0.3) is 0 Å². The molecule has 228 valence electrons. The normalized spacial score (nSPS) is 23.9. The first-order valence-electron chi connectivity index (χ1n) is 16.0. The van der Waals surface area contributed by atoms with Crippen LogP contribution in [0.25, 0.3) is 11.1 Å². The topological polar surface area (TPSA) is 86.5 Å². The van der Waals surface area contributed by atoms with Gasteiger partial charge in [-0.3, -0.25) is 19.2 Å². The van der Waals surface area contributed by atoms with Crippen molar-refractivity contribution in [2.75, 3.05) is 25.7 Å². The van der Waals surface area contributed by atoms with Crippen LogP contribution in [0, 0.1) is 24.7 Å². The number of hydrogen-bond donors (Lipinski definition) is 0. The number of benzene rings is 1. The quantitative estimate of drug-likeness (QED) is 0.255. The predicted octanol–water partition coefficient (Wildman–Crippen LogP) is 6.88. The van der Waals surface area contributed by atoms with Crippen molar-refractivity contribution in [1.82, 2.24) is 14.8 Å². The zero-order valence-electron chi connectivity index (χ0n) is 25.7. The predicted molar refractivity (Wildman–Crippen MR) is 166 cm³/mol. The smallest absolute Gasteiger partial charge is 0.308 e. The molecule has 0 atom stereocenters. The average molecular weight is 585 g/mol. The molecule has 0 saturated heterocycles. The van der Waals surface area contributed by atoms with Crippen molar-refractivity contribution >= 4 is 17.7 Å². The number of hydrogen-bond acceptors (Lipinski definition) is 6. The summed E-state index contributed by atoms with van der Waals surface area (Å²) in [5.74, 6) is 2.34. The van der Waals surface area contributed by atoms with Crippen molar-refractivity contribution in [2.24, 2.45) is 17.8 Å². The number of anilines is 1. The van der Waals surface area contributed by atoms with Crippen LogP contribution in [0.4, 0.5) is 5.82 Å². The summed E-state index contributed by atoms with van der Waals surface area (Å²) >= 11 is 0. The maximum absolute atomic E-state index is 14.2. The Morgan fingerprint density at radius 2 is 1.65 bits per heavy atom. The van der Waals surface area contributed by atoms with Gasteiger partial charge in [0, 0.05) is 30.4 Å². The largest absolute Gasteiger partial charge is 0.496 e. The van der Waals surface area contributed by atoms with Crippen LogP contribution >= 0.6 is 0 Å². The lowest BCUT2D eigenvalue weighted by atomic mass is 9.77. The van der Waals surface area contributed by atoms with Crippen molar-refractivity contribution in [3.8, 4) is 16.9 Å². The molecule has 0 bridgehead atoms. The third-order valence-corrected chi connectivity index (χ3v) is 9.93. The number of carbonyl (C=O) groups excluding carboxylic acids is 2. The maximum atomic E-state index is 14.2. The van der Waals surface area contributed by atoms with Gasteiger partial charge in [-0.15, -0.1) is 0 Å². The first kappa shape index (κ1) is 29.4. The molecule has 2 heterocycles. The van der Waals surface area contributed by atoms with Crippen molar-refractivity contribution in [3.05, 3.63) is 60.0 Å². The van der Waals surface area contributed by atoms with Gasteiger partial charge in [-0.25, -0.2) is 4.98 Å². The van der Waals surface area contributed by atoms with Gasteiger partial charge in [-0.2, -0.15) is 5.10 Å². The molecule has 0 aliphatic heterocycles. The van der Waals surface area contributed by atoms with E-state index < -0.39 is 0 Å². The monoisotopic (exact) mass is 584 g/mol. The molecule has 0 unspecified atom stereocenters. The van der Waals surface area contributed by atoms with Gasteiger partial charge < -0.3 is 9.47 Å². The highest BCUT2D eigenvalue weighted by Crippen LogP contribution is 2.39. The fourth-order valence-electron chi connectivity index (χ4n) is 7.12. The lowest BCUT2D eigenvalue weighted by Crippen LogP contribution is -2.42. The minimum atomic E-state index is -0.160. The summed E-state index contributed by atoms with van der Waals surface area (Å²) in [6.45, 7) is 2.77. The summed E-state index contributed by atoms with van der Waals surface area (Å²) < 4.78 is 12.5. The molecule has 0 radical (unpaired) electrons. The number of aryl methyl sites for hydroxylation is 1. The van der Waals surface area contributed by atoms with E-state index in [9.17, 15) is 9.59 Å². The number of nitrogens with zero attached hydrogens (tertiary/aromatic N) is 4. The number of pyridine rings is 1. The van der Waals surface area contributed by atoms with E-state index in [1.165, 1.54) is 31.1 Å². The SMILES string of the molecule is COc1ccc([C@H]2CC[C@H](CN(c3cc(-c4cnn(C5CC5)c4)ccn3)C(=O)[C@H]3CC[C@H](C(=O)OC)CC3)CC2)cc1C. The Balaban J connectivity index is 1.19. The van der Waals surface area contributed by atoms with Gasteiger partial charge in [0.2, 0.25) is 5.91 Å². The standard InChI is InChI=1S/C35H44N4O4/c1-23-18-28(12-15-32(23)42-2)25-6-4-24(5-7-25)21-38(34(40)26-8-10-27(11-9-26)35(41)43-3)33-19-29(16-17-36-33)30-20-37-39(22-30)31-13-14-31/h12,15-20,22,24-27,31H,4-11,13-14,21H2,1-3H3/t24-,25-,26-,27-. The summed E-state index contributed by atoms with van der Waals surface area (Å²) in [4.78, 5) is 33.0. The highest BCUT2D eigenvalue weighted by Gasteiger charge is 2.35. The van der Waals surface area contributed by atoms with Gasteiger partial charge >= 0.3 is 5.97 Å². The summed E-state index contributed by atoms with van der Waals surface area (Å²) in [5, 5.41) is 4.58. The molecule has 0 N–H and O–H groups in total. The summed E-state index contributed by atoms with van der Waals surface area (Å²) in [6.07, 6.45) is 15.4. The molecule has 8 heteroatoms. The molecule has 2 aromatic heterocycles. The molecule has 1 amide bonds. The van der Waals surface area contributed by atoms with Gasteiger partial charge in [0.1, 0.15) is 11.6 Å². The maximum Gasteiger partial charge on any atom is 0.308 e. The second kappa shape index (κ2) is 12.9. The van der Waals surface area contributed by atoms with Gasteiger partial charge in [0.05, 0.1) is 32.4 Å². The van der Waals surface area contributed by atoms with E-state index in [1.54, 1.807) is 7.11 Å². The number of methoxy groups -OCH3 is 2.